The Kier molecular flexibility index (Phi) is 7.67. The number of anilines is 1. The van der Waals surface area contributed by atoms with Gasteiger partial charge in [-0.2, -0.15) is 5.26 Å². The number of nitrogens with one attached hydrogen (secondary N) is 1. The van der Waals surface area contributed by atoms with Crippen molar-refractivity contribution in [2.45, 2.75) is 20.5 Å². The molecule has 2 N–H and O–H groups in total. The fourth-order valence-electron chi connectivity index (χ4n) is 3.41. The summed E-state index contributed by atoms with van der Waals surface area (Å²) >= 11 is 0. The minimum Gasteiger partial charge on any atom is -0.493 e. The highest BCUT2D eigenvalue weighted by Crippen LogP contribution is 2.33. The number of aryl methyl sites for hydroxylation is 2. The molecule has 0 heterocycles. The number of nitriles is 1. The summed E-state index contributed by atoms with van der Waals surface area (Å²) in [6.07, 6.45) is 1.45. The Morgan fingerprint density at radius 1 is 1.06 bits per heavy atom. The lowest BCUT2D eigenvalue weighted by atomic mass is 10.1. The van der Waals surface area contributed by atoms with E-state index in [9.17, 15) is 14.9 Å². The zero-order chi connectivity index (χ0) is 24.7. The van der Waals surface area contributed by atoms with E-state index in [1.54, 1.807) is 30.3 Å². The van der Waals surface area contributed by atoms with Crippen LogP contribution in [0.5, 0.6) is 11.5 Å². The van der Waals surface area contributed by atoms with E-state index < -0.39 is 11.9 Å². The van der Waals surface area contributed by atoms with Gasteiger partial charge in [0.05, 0.1) is 12.7 Å². The predicted molar refractivity (Wildman–Crippen MR) is 129 cm³/mol. The molecule has 0 bridgehead atoms. The molecule has 0 atom stereocenters. The van der Waals surface area contributed by atoms with Gasteiger partial charge in [0.15, 0.2) is 11.5 Å². The first-order chi connectivity index (χ1) is 16.3. The zero-order valence-electron chi connectivity index (χ0n) is 19.1. The number of rotatable bonds is 8. The largest absolute Gasteiger partial charge is 0.493 e. The number of amides is 1. The molecule has 0 saturated carbocycles. The van der Waals surface area contributed by atoms with Crippen molar-refractivity contribution < 1.29 is 24.2 Å². The Morgan fingerprint density at radius 3 is 2.32 bits per heavy atom. The number of nitrogens with zero attached hydrogens (tertiary/aromatic N) is 1. The van der Waals surface area contributed by atoms with E-state index in [0.717, 1.165) is 16.7 Å². The van der Waals surface area contributed by atoms with Crippen molar-refractivity contribution in [3.05, 3.63) is 94.1 Å². The predicted octanol–water partition coefficient (Wildman–Crippen LogP) is 5.13. The molecule has 172 valence electrons. The van der Waals surface area contributed by atoms with Crippen LogP contribution in [0.2, 0.25) is 0 Å². The molecule has 0 unspecified atom stereocenters. The molecule has 3 aromatic carbocycles. The molecule has 0 aliphatic carbocycles. The van der Waals surface area contributed by atoms with Crippen LogP contribution < -0.4 is 14.8 Å². The molecule has 0 spiro atoms. The third kappa shape index (κ3) is 6.02. The van der Waals surface area contributed by atoms with Crippen LogP contribution in [0, 0.1) is 25.2 Å². The highest BCUT2D eigenvalue weighted by atomic mass is 16.5. The van der Waals surface area contributed by atoms with E-state index in [1.165, 1.54) is 25.3 Å². The second-order valence-electron chi connectivity index (χ2n) is 7.67. The van der Waals surface area contributed by atoms with Gasteiger partial charge in [-0.25, -0.2) is 4.79 Å². The Labute approximate surface area is 197 Å². The summed E-state index contributed by atoms with van der Waals surface area (Å²) in [6.45, 7) is 4.00. The number of methoxy groups -OCH3 is 1. The molecule has 0 saturated heterocycles. The first-order valence-electron chi connectivity index (χ1n) is 10.4. The Hall–Kier alpha value is -4.57. The molecule has 34 heavy (non-hydrogen) atoms. The quantitative estimate of drug-likeness (QED) is 0.359. The van der Waals surface area contributed by atoms with Crippen LogP contribution in [0.4, 0.5) is 5.69 Å². The Morgan fingerprint density at radius 2 is 1.74 bits per heavy atom. The molecule has 0 aliphatic rings. The number of carbonyl (C=O) groups is 2. The number of carboxylic acids is 1. The van der Waals surface area contributed by atoms with Crippen molar-refractivity contribution in [1.29, 1.82) is 5.26 Å². The van der Waals surface area contributed by atoms with E-state index in [-0.39, 0.29) is 17.7 Å². The van der Waals surface area contributed by atoms with Crippen LogP contribution in [-0.4, -0.2) is 24.1 Å². The average Bonchev–Trinajstić information content (AvgIpc) is 2.80. The molecule has 0 aromatic heterocycles. The fraction of sp³-hybridized carbons (Fsp3) is 0.148. The molecule has 0 fully saturated rings. The number of hydrogen-bond acceptors (Lipinski definition) is 5. The number of benzene rings is 3. The molecule has 7 nitrogen and oxygen atoms in total. The topological polar surface area (TPSA) is 109 Å². The molecule has 0 radical (unpaired) electrons. The highest BCUT2D eigenvalue weighted by Gasteiger charge is 2.15. The second kappa shape index (κ2) is 10.8. The number of carbonyl (C=O) groups excluding carboxylic acids is 1. The molecular weight excluding hydrogens is 432 g/mol. The lowest BCUT2D eigenvalue weighted by Crippen LogP contribution is -2.13. The summed E-state index contributed by atoms with van der Waals surface area (Å²) in [5.41, 5.74) is 3.93. The van der Waals surface area contributed by atoms with Crippen LogP contribution in [0.1, 0.15) is 32.6 Å². The average molecular weight is 456 g/mol. The van der Waals surface area contributed by atoms with Gasteiger partial charge in [-0.1, -0.05) is 30.3 Å². The molecule has 3 aromatic rings. The zero-order valence-corrected chi connectivity index (χ0v) is 19.1. The Balaban J connectivity index is 1.86. The van der Waals surface area contributed by atoms with Gasteiger partial charge in [0.25, 0.3) is 5.91 Å². The van der Waals surface area contributed by atoms with Crippen LogP contribution in [0.3, 0.4) is 0 Å². The summed E-state index contributed by atoms with van der Waals surface area (Å²) in [4.78, 5) is 23.8. The van der Waals surface area contributed by atoms with E-state index in [2.05, 4.69) is 5.32 Å². The maximum atomic E-state index is 12.8. The van der Waals surface area contributed by atoms with Crippen molar-refractivity contribution in [2.24, 2.45) is 0 Å². The van der Waals surface area contributed by atoms with Gasteiger partial charge in [-0.15, -0.1) is 0 Å². The third-order valence-corrected chi connectivity index (χ3v) is 4.96. The number of carboxylic acid groups (broad SMARTS) is 1. The summed E-state index contributed by atoms with van der Waals surface area (Å²) in [5, 5.41) is 21.5. The summed E-state index contributed by atoms with van der Waals surface area (Å²) in [6, 6.07) is 19.1. The van der Waals surface area contributed by atoms with Gasteiger partial charge in [-0.05, 0) is 66.9 Å². The summed E-state index contributed by atoms with van der Waals surface area (Å²) in [5.74, 6) is -0.750. The first-order valence-corrected chi connectivity index (χ1v) is 10.4. The normalized spacial score (nSPS) is 10.8. The minimum atomic E-state index is -1.01. The Bertz CT molecular complexity index is 1270. The van der Waals surface area contributed by atoms with Crippen molar-refractivity contribution in [1.82, 2.24) is 0 Å². The van der Waals surface area contributed by atoms with Crippen molar-refractivity contribution in [3.63, 3.8) is 0 Å². The van der Waals surface area contributed by atoms with E-state index in [1.807, 2.05) is 38.1 Å². The molecule has 0 aliphatic heterocycles. The van der Waals surface area contributed by atoms with Gasteiger partial charge in [0, 0.05) is 11.3 Å². The second-order valence-corrected chi connectivity index (χ2v) is 7.67. The monoisotopic (exact) mass is 456 g/mol. The van der Waals surface area contributed by atoms with E-state index >= 15 is 0 Å². The van der Waals surface area contributed by atoms with Crippen molar-refractivity contribution in [3.8, 4) is 17.6 Å². The van der Waals surface area contributed by atoms with Crippen molar-refractivity contribution >= 4 is 23.6 Å². The number of ether oxygens (including phenoxy) is 2. The number of para-hydroxylation sites is 1. The lowest BCUT2D eigenvalue weighted by molar-refractivity contribution is -0.112. The third-order valence-electron chi connectivity index (χ3n) is 4.96. The summed E-state index contributed by atoms with van der Waals surface area (Å²) < 4.78 is 11.4. The van der Waals surface area contributed by atoms with Crippen LogP contribution in [-0.2, 0) is 11.4 Å². The lowest BCUT2D eigenvalue weighted by Gasteiger charge is -2.14. The molecular formula is C27H24N2O5. The van der Waals surface area contributed by atoms with Crippen LogP contribution in [0.15, 0.2) is 66.2 Å². The number of aromatic carboxylic acids is 1. The molecule has 7 heteroatoms. The van der Waals surface area contributed by atoms with Gasteiger partial charge < -0.3 is 19.9 Å². The van der Waals surface area contributed by atoms with E-state index in [4.69, 9.17) is 14.6 Å². The van der Waals surface area contributed by atoms with E-state index in [0.29, 0.717) is 22.7 Å². The number of hydrogen-bond donors (Lipinski definition) is 2. The van der Waals surface area contributed by atoms with Gasteiger partial charge in [-0.3, -0.25) is 4.79 Å². The standard InChI is InChI=1S/C27H24N2O5/c1-17-11-18(2)13-23(12-17)29-26(30)22(15-28)14-21-5-4-6-24(33-3)25(21)34-16-19-7-9-20(10-8-19)27(31)32/h4-14H,16H2,1-3H3,(H,29,30)(H,31,32)/b22-14-. The van der Waals surface area contributed by atoms with Crippen LogP contribution in [0.25, 0.3) is 6.08 Å². The van der Waals surface area contributed by atoms with Crippen LogP contribution >= 0.6 is 0 Å². The highest BCUT2D eigenvalue weighted by molar-refractivity contribution is 6.10. The van der Waals surface area contributed by atoms with Crippen molar-refractivity contribution in [2.75, 3.05) is 12.4 Å². The molecule has 3 rings (SSSR count). The minimum absolute atomic E-state index is 0.0944. The maximum Gasteiger partial charge on any atom is 0.335 e. The fourth-order valence-corrected chi connectivity index (χ4v) is 3.41. The molecule has 1 amide bonds. The smallest absolute Gasteiger partial charge is 0.335 e. The van der Waals surface area contributed by atoms with Gasteiger partial charge in [0.2, 0.25) is 0 Å². The SMILES string of the molecule is COc1cccc(/C=C(/C#N)C(=O)Nc2cc(C)cc(C)c2)c1OCc1ccc(C(=O)O)cc1. The summed E-state index contributed by atoms with van der Waals surface area (Å²) in [7, 11) is 1.50. The first kappa shape index (κ1) is 24.1. The van der Waals surface area contributed by atoms with Gasteiger partial charge in [0.1, 0.15) is 18.2 Å². The van der Waals surface area contributed by atoms with Gasteiger partial charge >= 0.3 is 5.97 Å². The maximum absolute atomic E-state index is 12.8.